The molecule has 0 saturated heterocycles. The Labute approximate surface area is 124 Å². The minimum Gasteiger partial charge on any atom is -0.330 e. The van der Waals surface area contributed by atoms with Crippen molar-refractivity contribution in [2.24, 2.45) is 0 Å². The highest BCUT2D eigenvalue weighted by molar-refractivity contribution is 7.71. The first-order chi connectivity index (χ1) is 10.2. The molecule has 0 saturated carbocycles. The van der Waals surface area contributed by atoms with E-state index in [4.69, 9.17) is 12.2 Å². The number of aromatic amines is 1. The number of hydrogen-bond donors (Lipinski definition) is 1. The van der Waals surface area contributed by atoms with Crippen molar-refractivity contribution in [3.05, 3.63) is 65.3 Å². The van der Waals surface area contributed by atoms with Crippen molar-refractivity contribution in [1.82, 2.24) is 14.5 Å². The van der Waals surface area contributed by atoms with Crippen LogP contribution in [0.25, 0.3) is 27.6 Å². The summed E-state index contributed by atoms with van der Waals surface area (Å²) in [7, 11) is 0. The van der Waals surface area contributed by atoms with Gasteiger partial charge in [0.25, 0.3) is 0 Å². The zero-order chi connectivity index (χ0) is 14.4. The van der Waals surface area contributed by atoms with Gasteiger partial charge in [-0.2, -0.15) is 0 Å². The zero-order valence-electron chi connectivity index (χ0n) is 10.9. The molecule has 2 aromatic heterocycles. The lowest BCUT2D eigenvalue weighted by Gasteiger charge is -2.08. The van der Waals surface area contributed by atoms with E-state index in [2.05, 4.69) is 9.97 Å². The van der Waals surface area contributed by atoms with Crippen LogP contribution in [0.2, 0.25) is 0 Å². The predicted molar refractivity (Wildman–Crippen MR) is 83.7 cm³/mol. The van der Waals surface area contributed by atoms with Gasteiger partial charge in [-0.1, -0.05) is 6.07 Å². The summed E-state index contributed by atoms with van der Waals surface area (Å²) in [5, 5.41) is 0.973. The summed E-state index contributed by atoms with van der Waals surface area (Å²) < 4.78 is 16.0. The van der Waals surface area contributed by atoms with Crippen LogP contribution in [0.5, 0.6) is 0 Å². The molecule has 2 heterocycles. The number of rotatable bonds is 1. The van der Waals surface area contributed by atoms with Crippen LogP contribution in [0.15, 0.2) is 54.7 Å². The summed E-state index contributed by atoms with van der Waals surface area (Å²) in [6.45, 7) is 0. The van der Waals surface area contributed by atoms with Gasteiger partial charge in [0.05, 0.1) is 22.2 Å². The van der Waals surface area contributed by atoms with E-state index in [1.165, 1.54) is 12.1 Å². The van der Waals surface area contributed by atoms with E-state index < -0.39 is 0 Å². The SMILES string of the molecule is Fc1ccc2[nH]c(=S)n(-c3cccc4ncccc34)c2c1. The molecule has 4 rings (SSSR count). The van der Waals surface area contributed by atoms with E-state index in [9.17, 15) is 4.39 Å². The maximum Gasteiger partial charge on any atom is 0.182 e. The molecule has 0 bridgehead atoms. The molecular weight excluding hydrogens is 285 g/mol. The van der Waals surface area contributed by atoms with Crippen molar-refractivity contribution in [1.29, 1.82) is 0 Å². The fraction of sp³-hybridized carbons (Fsp3) is 0. The van der Waals surface area contributed by atoms with Crippen molar-refractivity contribution in [2.45, 2.75) is 0 Å². The molecular formula is C16H10FN3S. The average Bonchev–Trinajstić information content (AvgIpc) is 2.82. The molecule has 21 heavy (non-hydrogen) atoms. The number of halogens is 1. The van der Waals surface area contributed by atoms with Crippen LogP contribution >= 0.6 is 12.2 Å². The second kappa shape index (κ2) is 4.49. The lowest BCUT2D eigenvalue weighted by atomic mass is 10.1. The number of nitrogens with one attached hydrogen (secondary N) is 1. The topological polar surface area (TPSA) is 33.6 Å². The summed E-state index contributed by atoms with van der Waals surface area (Å²) >= 11 is 5.41. The van der Waals surface area contributed by atoms with Gasteiger partial charge in [-0.15, -0.1) is 0 Å². The number of aromatic nitrogens is 3. The lowest BCUT2D eigenvalue weighted by molar-refractivity contribution is 0.629. The van der Waals surface area contributed by atoms with E-state index in [0.717, 1.165) is 27.6 Å². The molecule has 0 unspecified atom stereocenters. The third-order valence-electron chi connectivity index (χ3n) is 3.51. The fourth-order valence-electron chi connectivity index (χ4n) is 2.60. The highest BCUT2D eigenvalue weighted by Crippen LogP contribution is 2.25. The summed E-state index contributed by atoms with van der Waals surface area (Å²) in [5.41, 5.74) is 3.30. The third-order valence-corrected chi connectivity index (χ3v) is 3.79. The maximum atomic E-state index is 13.6. The Morgan fingerprint density at radius 2 is 2.00 bits per heavy atom. The summed E-state index contributed by atoms with van der Waals surface area (Å²) in [4.78, 5) is 7.46. The van der Waals surface area contributed by atoms with E-state index in [0.29, 0.717) is 4.77 Å². The van der Waals surface area contributed by atoms with E-state index in [1.54, 1.807) is 12.3 Å². The van der Waals surface area contributed by atoms with Gasteiger partial charge in [0, 0.05) is 17.6 Å². The Morgan fingerprint density at radius 1 is 1.10 bits per heavy atom. The maximum absolute atomic E-state index is 13.6. The second-order valence-electron chi connectivity index (χ2n) is 4.77. The monoisotopic (exact) mass is 295 g/mol. The standard InChI is InChI=1S/C16H10FN3S/c17-10-6-7-13-15(9-10)20(16(21)19-13)14-5-1-4-12-11(14)3-2-8-18-12/h1-9H,(H,19,21). The molecule has 0 amide bonds. The highest BCUT2D eigenvalue weighted by Gasteiger charge is 2.10. The third kappa shape index (κ3) is 1.86. The minimum atomic E-state index is -0.288. The first-order valence-corrected chi connectivity index (χ1v) is 6.89. The molecule has 3 nitrogen and oxygen atoms in total. The average molecular weight is 295 g/mol. The van der Waals surface area contributed by atoms with Crippen molar-refractivity contribution in [3.8, 4) is 5.69 Å². The molecule has 0 atom stereocenters. The van der Waals surface area contributed by atoms with Gasteiger partial charge < -0.3 is 4.98 Å². The molecule has 0 radical (unpaired) electrons. The predicted octanol–water partition coefficient (Wildman–Crippen LogP) is 4.38. The number of fused-ring (bicyclic) bond motifs is 2. The van der Waals surface area contributed by atoms with Crippen molar-refractivity contribution < 1.29 is 4.39 Å². The molecule has 0 fully saturated rings. The van der Waals surface area contributed by atoms with Crippen molar-refractivity contribution in [3.63, 3.8) is 0 Å². The highest BCUT2D eigenvalue weighted by atomic mass is 32.1. The van der Waals surface area contributed by atoms with E-state index >= 15 is 0 Å². The van der Waals surface area contributed by atoms with Gasteiger partial charge in [-0.3, -0.25) is 9.55 Å². The number of hydrogen-bond acceptors (Lipinski definition) is 2. The molecule has 0 aliphatic carbocycles. The molecule has 1 N–H and O–H groups in total. The fourth-order valence-corrected chi connectivity index (χ4v) is 2.90. The second-order valence-corrected chi connectivity index (χ2v) is 5.16. The van der Waals surface area contributed by atoms with Crippen LogP contribution in [0.1, 0.15) is 0 Å². The van der Waals surface area contributed by atoms with E-state index in [-0.39, 0.29) is 5.82 Å². The summed E-state index contributed by atoms with van der Waals surface area (Å²) in [6, 6.07) is 14.3. The Morgan fingerprint density at radius 3 is 2.90 bits per heavy atom. The number of H-pyrrole nitrogens is 1. The van der Waals surface area contributed by atoms with Crippen LogP contribution in [0.3, 0.4) is 0 Å². The molecule has 0 aliphatic rings. The minimum absolute atomic E-state index is 0.288. The first kappa shape index (κ1) is 12.2. The number of nitrogens with zero attached hydrogens (tertiary/aromatic N) is 2. The van der Waals surface area contributed by atoms with E-state index in [1.807, 2.05) is 34.9 Å². The summed E-state index contributed by atoms with van der Waals surface area (Å²) in [6.07, 6.45) is 1.75. The van der Waals surface area contributed by atoms with Crippen LogP contribution in [-0.2, 0) is 0 Å². The van der Waals surface area contributed by atoms with Crippen LogP contribution in [0.4, 0.5) is 4.39 Å². The Hall–Kier alpha value is -2.53. The van der Waals surface area contributed by atoms with Crippen LogP contribution in [-0.4, -0.2) is 14.5 Å². The number of benzene rings is 2. The molecule has 2 aromatic carbocycles. The van der Waals surface area contributed by atoms with Gasteiger partial charge >= 0.3 is 0 Å². The molecule has 0 aliphatic heterocycles. The quantitative estimate of drug-likeness (QED) is 0.529. The van der Waals surface area contributed by atoms with Gasteiger partial charge in [-0.05, 0) is 48.6 Å². The smallest absolute Gasteiger partial charge is 0.182 e. The lowest BCUT2D eigenvalue weighted by Crippen LogP contribution is -1.96. The van der Waals surface area contributed by atoms with Gasteiger partial charge in [0.1, 0.15) is 5.82 Å². The van der Waals surface area contributed by atoms with Gasteiger partial charge in [0.15, 0.2) is 4.77 Å². The molecule has 0 spiro atoms. The van der Waals surface area contributed by atoms with Gasteiger partial charge in [0.2, 0.25) is 0 Å². The van der Waals surface area contributed by atoms with Crippen molar-refractivity contribution in [2.75, 3.05) is 0 Å². The van der Waals surface area contributed by atoms with Crippen LogP contribution in [0, 0.1) is 10.6 Å². The first-order valence-electron chi connectivity index (χ1n) is 6.48. The molecule has 102 valence electrons. The molecule has 4 aromatic rings. The molecule has 5 heteroatoms. The summed E-state index contributed by atoms with van der Waals surface area (Å²) in [5.74, 6) is -0.288. The number of pyridine rings is 1. The Balaban J connectivity index is 2.16. The van der Waals surface area contributed by atoms with Gasteiger partial charge in [-0.25, -0.2) is 4.39 Å². The van der Waals surface area contributed by atoms with Crippen molar-refractivity contribution >= 4 is 34.2 Å². The largest absolute Gasteiger partial charge is 0.330 e. The Bertz CT molecular complexity index is 1030. The normalized spacial score (nSPS) is 11.3. The zero-order valence-corrected chi connectivity index (χ0v) is 11.7. The van der Waals surface area contributed by atoms with Crippen LogP contribution < -0.4 is 0 Å². The number of imidazole rings is 1. The Kier molecular flexibility index (Phi) is 2.62.